The molecule has 234 valence electrons. The molecule has 2 aliphatic heterocycles. The van der Waals surface area contributed by atoms with Crippen molar-refractivity contribution in [1.29, 1.82) is 0 Å². The number of nitrogens with zero attached hydrogens (tertiary/aromatic N) is 4. The number of benzene rings is 1. The first-order valence-corrected chi connectivity index (χ1v) is 15.8. The fourth-order valence-corrected chi connectivity index (χ4v) is 5.68. The van der Waals surface area contributed by atoms with Gasteiger partial charge in [0.2, 0.25) is 0 Å². The number of nitrogens with two attached hydrogens (primary N) is 1. The van der Waals surface area contributed by atoms with Crippen molar-refractivity contribution in [1.82, 2.24) is 24.9 Å². The van der Waals surface area contributed by atoms with Crippen LogP contribution in [0.1, 0.15) is 19.5 Å². The van der Waals surface area contributed by atoms with Crippen LogP contribution in [-0.4, -0.2) is 101 Å². The number of hydrogen-bond acceptors (Lipinski definition) is 15. The Morgan fingerprint density at radius 2 is 2.02 bits per heavy atom. The topological polar surface area (TPSA) is 248 Å². The summed E-state index contributed by atoms with van der Waals surface area (Å²) in [5.41, 5.74) is 6.37. The molecule has 0 spiro atoms. The van der Waals surface area contributed by atoms with E-state index in [-0.39, 0.29) is 40.5 Å². The zero-order valence-corrected chi connectivity index (χ0v) is 25.4. The van der Waals surface area contributed by atoms with Crippen LogP contribution in [0, 0.1) is 0 Å². The summed E-state index contributed by atoms with van der Waals surface area (Å²) in [5, 5.41) is 22.2. The lowest BCUT2D eigenvalue weighted by molar-refractivity contribution is -0.139. The highest BCUT2D eigenvalue weighted by molar-refractivity contribution is 7.84. The average Bonchev–Trinajstić information content (AvgIpc) is 3.56. The lowest BCUT2D eigenvalue weighted by Crippen LogP contribution is -2.65. The average molecular weight is 659 g/mol. The van der Waals surface area contributed by atoms with Gasteiger partial charge < -0.3 is 36.4 Å². The van der Waals surface area contributed by atoms with E-state index in [9.17, 15) is 18.0 Å². The van der Waals surface area contributed by atoms with Gasteiger partial charge in [-0.1, -0.05) is 30.3 Å². The third-order valence-corrected chi connectivity index (χ3v) is 8.03. The van der Waals surface area contributed by atoms with E-state index < -0.39 is 34.7 Å². The molecule has 0 aliphatic carbocycles. The number of anilines is 2. The molecular formula is C23H30N8O9S3. The molecule has 1 aromatic carbocycles. The van der Waals surface area contributed by atoms with Gasteiger partial charge >= 0.3 is 10.3 Å². The van der Waals surface area contributed by atoms with E-state index >= 15 is 0 Å². The van der Waals surface area contributed by atoms with Crippen molar-refractivity contribution in [2.45, 2.75) is 25.9 Å². The second-order valence-corrected chi connectivity index (χ2v) is 11.6. The van der Waals surface area contributed by atoms with Crippen molar-refractivity contribution in [2.24, 2.45) is 5.16 Å². The van der Waals surface area contributed by atoms with Gasteiger partial charge in [-0.2, -0.15) is 8.42 Å². The van der Waals surface area contributed by atoms with Gasteiger partial charge in [0, 0.05) is 18.5 Å². The first-order valence-electron chi connectivity index (χ1n) is 12.7. The number of nitrogens with one attached hydrogen (secondary N) is 3. The zero-order chi connectivity index (χ0) is 31.6. The molecule has 20 heteroatoms. The van der Waals surface area contributed by atoms with Crippen molar-refractivity contribution in [3.8, 4) is 5.75 Å². The summed E-state index contributed by atoms with van der Waals surface area (Å²) in [4.78, 5) is 46.9. The number of oxime groups is 1. The molecule has 5 rings (SSSR count). The summed E-state index contributed by atoms with van der Waals surface area (Å²) >= 11 is 2.60. The van der Waals surface area contributed by atoms with Gasteiger partial charge in [-0.05, 0) is 18.2 Å². The number of thiazole rings is 2. The molecule has 3 aromatic rings. The van der Waals surface area contributed by atoms with Crippen LogP contribution in [0.2, 0.25) is 0 Å². The quantitative estimate of drug-likeness (QED) is 0.0407. The second kappa shape index (κ2) is 15.4. The Morgan fingerprint density at radius 3 is 2.60 bits per heavy atom. The predicted octanol–water partition coefficient (Wildman–Crippen LogP) is 0.375. The molecule has 1 unspecified atom stereocenters. The normalized spacial score (nSPS) is 16.4. The summed E-state index contributed by atoms with van der Waals surface area (Å²) < 4.78 is 38.1. The molecule has 2 amide bonds. The van der Waals surface area contributed by atoms with Crippen molar-refractivity contribution >= 4 is 77.5 Å². The third kappa shape index (κ3) is 8.94. The molecular weight excluding hydrogens is 629 g/mol. The van der Waals surface area contributed by atoms with Crippen molar-refractivity contribution < 1.29 is 42.0 Å². The lowest BCUT2D eigenvalue weighted by atomic mass is 10.1. The van der Waals surface area contributed by atoms with Crippen molar-refractivity contribution in [3.05, 3.63) is 29.3 Å². The van der Waals surface area contributed by atoms with Crippen LogP contribution < -0.4 is 26.4 Å². The van der Waals surface area contributed by atoms with Crippen LogP contribution in [0.25, 0.3) is 10.2 Å². The van der Waals surface area contributed by atoms with E-state index in [2.05, 4.69) is 31.1 Å². The van der Waals surface area contributed by atoms with Gasteiger partial charge in [-0.25, -0.2) is 14.3 Å². The molecule has 0 bridgehead atoms. The Labute approximate surface area is 254 Å². The molecule has 2 saturated heterocycles. The summed E-state index contributed by atoms with van der Waals surface area (Å²) in [5.74, 6) is -1.20. The maximum Gasteiger partial charge on any atom is 0.362 e. The highest BCUT2D eigenvalue weighted by Crippen LogP contribution is 2.30. The predicted molar refractivity (Wildman–Crippen MR) is 160 cm³/mol. The molecule has 0 radical (unpaired) electrons. The maximum atomic E-state index is 12.7. The van der Waals surface area contributed by atoms with E-state index in [1.165, 1.54) is 16.7 Å². The molecule has 1 atom stereocenters. The largest absolute Gasteiger partial charge is 0.490 e. The van der Waals surface area contributed by atoms with Gasteiger partial charge in [-0.3, -0.25) is 18.9 Å². The lowest BCUT2D eigenvalue weighted by Gasteiger charge is -2.35. The minimum absolute atomic E-state index is 0.0164. The second-order valence-electron chi connectivity index (χ2n) is 8.32. The molecule has 43 heavy (non-hydrogen) atoms. The number of carbonyl (C=O) groups is 3. The Balaban J connectivity index is 0.000000953. The van der Waals surface area contributed by atoms with Crippen molar-refractivity contribution in [3.63, 3.8) is 0 Å². The minimum Gasteiger partial charge on any atom is -0.490 e. The molecule has 4 heterocycles. The highest BCUT2D eigenvalue weighted by Gasteiger charge is 2.45. The smallest absolute Gasteiger partial charge is 0.362 e. The van der Waals surface area contributed by atoms with Gasteiger partial charge in [0.1, 0.15) is 24.1 Å². The van der Waals surface area contributed by atoms with E-state index in [4.69, 9.17) is 29.8 Å². The van der Waals surface area contributed by atoms with E-state index in [0.29, 0.717) is 11.8 Å². The number of ether oxygens (including phenoxy) is 1. The van der Waals surface area contributed by atoms with Gasteiger partial charge in [-0.15, -0.1) is 11.3 Å². The van der Waals surface area contributed by atoms with E-state index in [1.807, 2.05) is 26.0 Å². The van der Waals surface area contributed by atoms with Gasteiger partial charge in [0.05, 0.1) is 22.8 Å². The number of carboxylic acid groups (broad SMARTS) is 1. The number of rotatable bonds is 11. The third-order valence-electron chi connectivity index (χ3n) is 5.52. The first-order chi connectivity index (χ1) is 20.6. The number of amides is 2. The summed E-state index contributed by atoms with van der Waals surface area (Å²) in [7, 11) is -4.68. The molecule has 7 N–H and O–H groups in total. The summed E-state index contributed by atoms with van der Waals surface area (Å²) in [6, 6.07) is 4.77. The van der Waals surface area contributed by atoms with Crippen molar-refractivity contribution in [2.75, 3.05) is 43.9 Å². The number of carbonyl (C=O) groups excluding carboxylic acids is 2. The Morgan fingerprint density at radius 1 is 1.30 bits per heavy atom. The van der Waals surface area contributed by atoms with Crippen LogP contribution in [0.3, 0.4) is 0 Å². The summed E-state index contributed by atoms with van der Waals surface area (Å²) in [6.07, 6.45) is 0. The molecule has 17 nitrogen and oxygen atoms in total. The number of fused-ring (bicyclic) bond motifs is 1. The van der Waals surface area contributed by atoms with E-state index in [1.54, 1.807) is 6.07 Å². The van der Waals surface area contributed by atoms with Crippen LogP contribution in [0.15, 0.2) is 28.7 Å². The molecule has 0 saturated carbocycles. The Hall–Kier alpha value is -4.11. The standard InChI is InChI=1S/C20H22N8O7S3.C2H6.CH2O2/c21-19-25-14(9-36-19)16(17(29)24-13-8-28(18(13)30)38(31,32)33)27-35-4-3-34-11-1-2-12-15(5-11)37-20(26-12)23-10-6-22-7-10;1-2;2-1-3/h1-2,5,9-10,13,22H,3-4,6-8H2,(H2,21,25)(H,23,26)(H,24,29)(H,31,32,33);1-2H3;1H,(H,2,3)/b27-16-;;. The zero-order valence-electron chi connectivity index (χ0n) is 22.9. The molecule has 2 aliphatic rings. The van der Waals surface area contributed by atoms with Crippen LogP contribution in [0.5, 0.6) is 5.75 Å². The maximum absolute atomic E-state index is 12.7. The van der Waals surface area contributed by atoms with Gasteiger partial charge in [0.25, 0.3) is 18.3 Å². The summed E-state index contributed by atoms with van der Waals surface area (Å²) in [6.45, 7) is 5.27. The number of nitrogen functional groups attached to an aromatic ring is 1. The SMILES string of the molecule is CC.Nc1nc(/C(=N/OCCOc2ccc3nc(NC4CNC4)sc3c2)C(=O)NC2CN(S(=O)(=O)O)C2=O)cs1.O=CO. The van der Waals surface area contributed by atoms with Crippen LogP contribution in [0.4, 0.5) is 10.3 Å². The Kier molecular flexibility index (Phi) is 11.9. The number of aromatic nitrogens is 2. The monoisotopic (exact) mass is 658 g/mol. The van der Waals surface area contributed by atoms with E-state index in [0.717, 1.165) is 39.8 Å². The minimum atomic E-state index is -4.68. The first kappa shape index (κ1) is 33.4. The fraction of sp³-hybridized carbons (Fsp3) is 0.391. The number of β-lactam (4-membered cyclic amide) rings is 1. The van der Waals surface area contributed by atoms with Crippen LogP contribution in [-0.2, 0) is 29.5 Å². The fourth-order valence-electron chi connectivity index (χ4n) is 3.47. The van der Waals surface area contributed by atoms with Crippen LogP contribution >= 0.6 is 22.7 Å². The highest BCUT2D eigenvalue weighted by atomic mass is 32.2. The Bertz CT molecular complexity index is 1560. The molecule has 2 aromatic heterocycles. The number of hydrogen-bond donors (Lipinski definition) is 6. The molecule has 2 fully saturated rings. The van der Waals surface area contributed by atoms with Gasteiger partial charge in [0.15, 0.2) is 22.6 Å².